The average molecular weight is 212 g/mol. The van der Waals surface area contributed by atoms with Crippen LogP contribution in [0.4, 0.5) is 0 Å². The molecule has 0 aromatic rings. The van der Waals surface area contributed by atoms with Crippen LogP contribution in [0, 0.1) is 5.92 Å². The number of piperidine rings is 1. The maximum absolute atomic E-state index is 11.9. The summed E-state index contributed by atoms with van der Waals surface area (Å²) in [7, 11) is 0. The third-order valence-electron chi connectivity index (χ3n) is 3.24. The Hall–Kier alpha value is -0.610. The summed E-state index contributed by atoms with van der Waals surface area (Å²) in [6, 6.07) is 0.342. The predicted molar refractivity (Wildman–Crippen MR) is 57.6 cm³/mol. The summed E-state index contributed by atoms with van der Waals surface area (Å²) in [6.07, 6.45) is 4.04. The van der Waals surface area contributed by atoms with Gasteiger partial charge in [0.15, 0.2) is 0 Å². The lowest BCUT2D eigenvalue weighted by molar-refractivity contribution is -0.128. The molecule has 0 spiro atoms. The molecule has 2 rings (SSSR count). The number of rotatable bonds is 2. The van der Waals surface area contributed by atoms with Crippen molar-refractivity contribution in [3.05, 3.63) is 0 Å². The van der Waals surface area contributed by atoms with Crippen LogP contribution in [0.15, 0.2) is 0 Å². The van der Waals surface area contributed by atoms with Gasteiger partial charge in [-0.3, -0.25) is 4.79 Å². The molecule has 2 saturated heterocycles. The Balaban J connectivity index is 1.74. The van der Waals surface area contributed by atoms with Gasteiger partial charge in [0, 0.05) is 31.7 Å². The molecule has 0 bridgehead atoms. The van der Waals surface area contributed by atoms with Crippen LogP contribution in [-0.4, -0.2) is 38.3 Å². The third kappa shape index (κ3) is 3.18. The van der Waals surface area contributed by atoms with Crippen molar-refractivity contribution >= 4 is 5.91 Å². The van der Waals surface area contributed by atoms with Gasteiger partial charge in [-0.15, -0.1) is 0 Å². The summed E-state index contributed by atoms with van der Waals surface area (Å²) in [6.45, 7) is 3.49. The van der Waals surface area contributed by atoms with E-state index in [-0.39, 0.29) is 11.8 Å². The van der Waals surface area contributed by atoms with Crippen LogP contribution >= 0.6 is 0 Å². The highest BCUT2D eigenvalue weighted by molar-refractivity contribution is 5.79. The van der Waals surface area contributed by atoms with E-state index in [4.69, 9.17) is 4.74 Å². The first-order chi connectivity index (χ1) is 7.36. The predicted octanol–water partition coefficient (Wildman–Crippen LogP) is 0.281. The lowest BCUT2D eigenvalue weighted by atomic mass is 9.98. The second kappa shape index (κ2) is 5.47. The van der Waals surface area contributed by atoms with Gasteiger partial charge < -0.3 is 15.4 Å². The van der Waals surface area contributed by atoms with Crippen LogP contribution in [-0.2, 0) is 9.53 Å². The Bertz CT molecular complexity index is 209. The molecule has 4 nitrogen and oxygen atoms in total. The van der Waals surface area contributed by atoms with Crippen LogP contribution < -0.4 is 10.6 Å². The molecule has 2 heterocycles. The quantitative estimate of drug-likeness (QED) is 0.691. The number of carbonyl (C=O) groups excluding carboxylic acids is 1. The Labute approximate surface area is 90.8 Å². The molecule has 2 N–H and O–H groups in total. The van der Waals surface area contributed by atoms with Crippen LogP contribution in [0.25, 0.3) is 0 Å². The lowest BCUT2D eigenvalue weighted by Crippen LogP contribution is -2.48. The summed E-state index contributed by atoms with van der Waals surface area (Å²) in [5, 5.41) is 6.44. The summed E-state index contributed by atoms with van der Waals surface area (Å²) in [4.78, 5) is 11.9. The number of ether oxygens (including phenoxy) is 1. The van der Waals surface area contributed by atoms with Crippen molar-refractivity contribution in [1.29, 1.82) is 0 Å². The van der Waals surface area contributed by atoms with Crippen LogP contribution in [0.2, 0.25) is 0 Å². The van der Waals surface area contributed by atoms with E-state index < -0.39 is 0 Å². The standard InChI is InChI=1S/C11H20N2O2/c14-11(9-3-6-15-7-4-9)13-10-2-1-5-12-8-10/h9-10,12H,1-8H2,(H,13,14). The van der Waals surface area contributed by atoms with Crippen molar-refractivity contribution in [2.75, 3.05) is 26.3 Å². The molecule has 2 fully saturated rings. The fourth-order valence-corrected chi connectivity index (χ4v) is 2.25. The van der Waals surface area contributed by atoms with Gasteiger partial charge in [-0.1, -0.05) is 0 Å². The molecule has 0 radical (unpaired) electrons. The number of hydrogen-bond acceptors (Lipinski definition) is 3. The van der Waals surface area contributed by atoms with Gasteiger partial charge in [0.25, 0.3) is 0 Å². The molecular weight excluding hydrogens is 192 g/mol. The van der Waals surface area contributed by atoms with Crippen LogP contribution in [0.5, 0.6) is 0 Å². The number of carbonyl (C=O) groups is 1. The third-order valence-corrected chi connectivity index (χ3v) is 3.24. The molecule has 0 saturated carbocycles. The monoisotopic (exact) mass is 212 g/mol. The van der Waals surface area contributed by atoms with Gasteiger partial charge in [0.2, 0.25) is 5.91 Å². The first-order valence-corrected chi connectivity index (χ1v) is 5.95. The zero-order chi connectivity index (χ0) is 10.5. The van der Waals surface area contributed by atoms with E-state index in [1.54, 1.807) is 0 Å². The highest BCUT2D eigenvalue weighted by Gasteiger charge is 2.24. The van der Waals surface area contributed by atoms with Crippen LogP contribution in [0.1, 0.15) is 25.7 Å². The largest absolute Gasteiger partial charge is 0.381 e. The van der Waals surface area contributed by atoms with Gasteiger partial charge in [-0.2, -0.15) is 0 Å². The second-order valence-electron chi connectivity index (χ2n) is 4.44. The van der Waals surface area contributed by atoms with Gasteiger partial charge >= 0.3 is 0 Å². The molecule has 1 atom stereocenters. The molecule has 0 aromatic heterocycles. The summed E-state index contributed by atoms with van der Waals surface area (Å²) in [5.74, 6) is 0.410. The first-order valence-electron chi connectivity index (χ1n) is 5.95. The Morgan fingerprint density at radius 3 is 2.73 bits per heavy atom. The SMILES string of the molecule is O=C(NC1CCCNC1)C1CCOCC1. The van der Waals surface area contributed by atoms with Crippen LogP contribution in [0.3, 0.4) is 0 Å². The second-order valence-corrected chi connectivity index (χ2v) is 4.44. The number of hydrogen-bond donors (Lipinski definition) is 2. The normalized spacial score (nSPS) is 28.7. The van der Waals surface area contributed by atoms with E-state index in [9.17, 15) is 4.79 Å². The molecule has 15 heavy (non-hydrogen) atoms. The Kier molecular flexibility index (Phi) is 3.97. The van der Waals surface area contributed by atoms with E-state index in [2.05, 4.69) is 10.6 Å². The fraction of sp³-hybridized carbons (Fsp3) is 0.909. The topological polar surface area (TPSA) is 50.4 Å². The molecule has 0 aromatic carbocycles. The molecule has 4 heteroatoms. The number of amides is 1. The number of nitrogens with one attached hydrogen (secondary N) is 2. The van der Waals surface area contributed by atoms with Crippen molar-refractivity contribution in [2.24, 2.45) is 5.92 Å². The molecule has 1 amide bonds. The summed E-state index contributed by atoms with van der Waals surface area (Å²) in [5.41, 5.74) is 0. The highest BCUT2D eigenvalue weighted by atomic mass is 16.5. The van der Waals surface area contributed by atoms with E-state index in [1.807, 2.05) is 0 Å². The zero-order valence-electron chi connectivity index (χ0n) is 9.13. The Morgan fingerprint density at radius 1 is 1.27 bits per heavy atom. The van der Waals surface area contributed by atoms with Crippen molar-refractivity contribution < 1.29 is 9.53 Å². The van der Waals surface area contributed by atoms with E-state index in [1.165, 1.54) is 6.42 Å². The van der Waals surface area contributed by atoms with Crippen molar-refractivity contribution in [1.82, 2.24) is 10.6 Å². The van der Waals surface area contributed by atoms with Crippen molar-refractivity contribution in [2.45, 2.75) is 31.7 Å². The van der Waals surface area contributed by atoms with Gasteiger partial charge in [-0.25, -0.2) is 0 Å². The molecular formula is C11H20N2O2. The van der Waals surface area contributed by atoms with E-state index in [0.29, 0.717) is 6.04 Å². The van der Waals surface area contributed by atoms with Crippen molar-refractivity contribution in [3.8, 4) is 0 Å². The average Bonchev–Trinajstić information content (AvgIpc) is 2.31. The smallest absolute Gasteiger partial charge is 0.223 e. The molecule has 0 aliphatic carbocycles. The minimum atomic E-state index is 0.181. The molecule has 2 aliphatic heterocycles. The Morgan fingerprint density at radius 2 is 2.07 bits per heavy atom. The summed E-state index contributed by atoms with van der Waals surface area (Å²) < 4.78 is 5.25. The highest BCUT2D eigenvalue weighted by Crippen LogP contribution is 2.15. The van der Waals surface area contributed by atoms with Crippen molar-refractivity contribution in [3.63, 3.8) is 0 Å². The fourth-order valence-electron chi connectivity index (χ4n) is 2.25. The maximum atomic E-state index is 11.9. The van der Waals surface area contributed by atoms with Gasteiger partial charge in [0.05, 0.1) is 0 Å². The molecule has 1 unspecified atom stereocenters. The van der Waals surface area contributed by atoms with Gasteiger partial charge in [0.1, 0.15) is 0 Å². The maximum Gasteiger partial charge on any atom is 0.223 e. The zero-order valence-corrected chi connectivity index (χ0v) is 9.13. The van der Waals surface area contributed by atoms with E-state index in [0.717, 1.165) is 45.6 Å². The summed E-state index contributed by atoms with van der Waals surface area (Å²) >= 11 is 0. The molecule has 2 aliphatic rings. The lowest BCUT2D eigenvalue weighted by Gasteiger charge is -2.27. The minimum absolute atomic E-state index is 0.181. The first kappa shape index (κ1) is 10.9. The van der Waals surface area contributed by atoms with Gasteiger partial charge in [-0.05, 0) is 32.2 Å². The van der Waals surface area contributed by atoms with E-state index >= 15 is 0 Å². The minimum Gasteiger partial charge on any atom is -0.381 e. The molecule has 86 valence electrons.